The zero-order chi connectivity index (χ0) is 12.2. The molecule has 3 N–H and O–H groups in total. The number of amides is 1. The van der Waals surface area contributed by atoms with Gasteiger partial charge in [-0.2, -0.15) is 0 Å². The molecule has 0 bridgehead atoms. The highest BCUT2D eigenvalue weighted by molar-refractivity contribution is 5.82. The minimum Gasteiger partial charge on any atom is -0.355 e. The highest BCUT2D eigenvalue weighted by Gasteiger charge is 2.33. The Morgan fingerprint density at radius 2 is 2.00 bits per heavy atom. The third-order valence-electron chi connectivity index (χ3n) is 4.27. The van der Waals surface area contributed by atoms with E-state index in [0.29, 0.717) is 12.0 Å². The van der Waals surface area contributed by atoms with Crippen LogP contribution in [-0.4, -0.2) is 19.0 Å². The zero-order valence-corrected chi connectivity index (χ0v) is 10.9. The van der Waals surface area contributed by atoms with Crippen LogP contribution in [0.4, 0.5) is 0 Å². The SMILES string of the molecule is CCC(C)(CN)C(=O)NCC1(C)CCCC1. The number of nitrogens with two attached hydrogens (primary N) is 1. The van der Waals surface area contributed by atoms with Gasteiger partial charge < -0.3 is 11.1 Å². The van der Waals surface area contributed by atoms with Crippen molar-refractivity contribution >= 4 is 5.91 Å². The fraction of sp³-hybridized carbons (Fsp3) is 0.923. The Kier molecular flexibility index (Phi) is 4.36. The number of hydrogen-bond donors (Lipinski definition) is 2. The first-order valence-electron chi connectivity index (χ1n) is 6.44. The van der Waals surface area contributed by atoms with E-state index in [1.165, 1.54) is 25.7 Å². The summed E-state index contributed by atoms with van der Waals surface area (Å²) in [5.41, 5.74) is 5.60. The van der Waals surface area contributed by atoms with Gasteiger partial charge in [0.25, 0.3) is 0 Å². The molecule has 0 aromatic rings. The minimum atomic E-state index is -0.394. The molecule has 0 aromatic carbocycles. The number of carbonyl (C=O) groups excluding carboxylic acids is 1. The van der Waals surface area contributed by atoms with Gasteiger partial charge in [-0.25, -0.2) is 0 Å². The topological polar surface area (TPSA) is 55.1 Å². The average Bonchev–Trinajstić information content (AvgIpc) is 2.72. The third-order valence-corrected chi connectivity index (χ3v) is 4.27. The number of hydrogen-bond acceptors (Lipinski definition) is 2. The van der Waals surface area contributed by atoms with Gasteiger partial charge in [0, 0.05) is 13.1 Å². The summed E-state index contributed by atoms with van der Waals surface area (Å²) >= 11 is 0. The van der Waals surface area contributed by atoms with E-state index < -0.39 is 5.41 Å². The monoisotopic (exact) mass is 226 g/mol. The Hall–Kier alpha value is -0.570. The molecule has 94 valence electrons. The fourth-order valence-corrected chi connectivity index (χ4v) is 2.31. The molecule has 1 aliphatic carbocycles. The molecular formula is C13H26N2O. The molecule has 0 aliphatic heterocycles. The van der Waals surface area contributed by atoms with Crippen LogP contribution in [0.5, 0.6) is 0 Å². The summed E-state index contributed by atoms with van der Waals surface area (Å²) in [5.74, 6) is 0.116. The molecule has 1 unspecified atom stereocenters. The molecule has 1 fully saturated rings. The van der Waals surface area contributed by atoms with E-state index in [-0.39, 0.29) is 5.91 Å². The maximum absolute atomic E-state index is 12.0. The summed E-state index contributed by atoms with van der Waals surface area (Å²) in [6.07, 6.45) is 5.87. The first-order chi connectivity index (χ1) is 7.46. The van der Waals surface area contributed by atoms with Crippen molar-refractivity contribution in [1.82, 2.24) is 5.32 Å². The van der Waals surface area contributed by atoms with Gasteiger partial charge in [-0.1, -0.05) is 26.7 Å². The predicted molar refractivity (Wildman–Crippen MR) is 67.0 cm³/mol. The first kappa shape index (κ1) is 13.5. The lowest BCUT2D eigenvalue weighted by Gasteiger charge is -2.29. The normalized spacial score (nSPS) is 22.8. The van der Waals surface area contributed by atoms with Crippen LogP contribution >= 0.6 is 0 Å². The Morgan fingerprint density at radius 3 is 2.44 bits per heavy atom. The van der Waals surface area contributed by atoms with Crippen molar-refractivity contribution in [2.45, 2.75) is 52.9 Å². The van der Waals surface area contributed by atoms with Gasteiger partial charge >= 0.3 is 0 Å². The summed E-state index contributed by atoms with van der Waals surface area (Å²) in [5, 5.41) is 3.09. The van der Waals surface area contributed by atoms with E-state index in [0.717, 1.165) is 13.0 Å². The van der Waals surface area contributed by atoms with E-state index in [9.17, 15) is 4.79 Å². The van der Waals surface area contributed by atoms with Crippen molar-refractivity contribution in [2.75, 3.05) is 13.1 Å². The summed E-state index contributed by atoms with van der Waals surface area (Å²) in [6.45, 7) is 7.46. The molecule has 1 rings (SSSR count). The molecule has 0 heterocycles. The molecule has 16 heavy (non-hydrogen) atoms. The lowest BCUT2D eigenvalue weighted by atomic mass is 9.85. The second-order valence-electron chi connectivity index (χ2n) is 5.82. The van der Waals surface area contributed by atoms with E-state index in [4.69, 9.17) is 5.73 Å². The molecular weight excluding hydrogens is 200 g/mol. The highest BCUT2D eigenvalue weighted by Crippen LogP contribution is 2.36. The minimum absolute atomic E-state index is 0.116. The molecule has 0 radical (unpaired) electrons. The number of rotatable bonds is 5. The van der Waals surface area contributed by atoms with Gasteiger partial charge in [0.1, 0.15) is 0 Å². The van der Waals surface area contributed by atoms with E-state index >= 15 is 0 Å². The molecule has 1 aliphatic rings. The predicted octanol–water partition coefficient (Wildman–Crippen LogP) is 2.06. The van der Waals surface area contributed by atoms with Gasteiger partial charge in [0.2, 0.25) is 5.91 Å². The lowest BCUT2D eigenvalue weighted by molar-refractivity contribution is -0.130. The zero-order valence-electron chi connectivity index (χ0n) is 10.9. The molecule has 0 saturated heterocycles. The van der Waals surface area contributed by atoms with Crippen LogP contribution in [0.15, 0.2) is 0 Å². The lowest BCUT2D eigenvalue weighted by Crippen LogP contribution is -2.46. The highest BCUT2D eigenvalue weighted by atomic mass is 16.2. The van der Waals surface area contributed by atoms with Crippen molar-refractivity contribution in [3.63, 3.8) is 0 Å². The molecule has 0 spiro atoms. The summed E-state index contributed by atoms with van der Waals surface area (Å²) in [6, 6.07) is 0. The fourth-order valence-electron chi connectivity index (χ4n) is 2.31. The molecule has 3 nitrogen and oxygen atoms in total. The summed E-state index contributed by atoms with van der Waals surface area (Å²) in [7, 11) is 0. The van der Waals surface area contributed by atoms with Gasteiger partial charge in [-0.3, -0.25) is 4.79 Å². The number of nitrogens with one attached hydrogen (secondary N) is 1. The van der Waals surface area contributed by atoms with Crippen LogP contribution in [0.2, 0.25) is 0 Å². The smallest absolute Gasteiger partial charge is 0.227 e. The van der Waals surface area contributed by atoms with Crippen LogP contribution < -0.4 is 11.1 Å². The third kappa shape index (κ3) is 2.97. The molecule has 0 aromatic heterocycles. The van der Waals surface area contributed by atoms with Gasteiger partial charge in [-0.05, 0) is 31.6 Å². The maximum Gasteiger partial charge on any atom is 0.227 e. The molecule has 1 atom stereocenters. The second-order valence-corrected chi connectivity index (χ2v) is 5.82. The first-order valence-corrected chi connectivity index (χ1v) is 6.44. The molecule has 3 heteroatoms. The van der Waals surface area contributed by atoms with Crippen molar-refractivity contribution < 1.29 is 4.79 Å². The summed E-state index contributed by atoms with van der Waals surface area (Å²) in [4.78, 5) is 12.0. The largest absolute Gasteiger partial charge is 0.355 e. The van der Waals surface area contributed by atoms with Crippen molar-refractivity contribution in [2.24, 2.45) is 16.6 Å². The van der Waals surface area contributed by atoms with Gasteiger partial charge in [-0.15, -0.1) is 0 Å². The van der Waals surface area contributed by atoms with Crippen LogP contribution in [0, 0.1) is 10.8 Å². The molecule has 1 amide bonds. The van der Waals surface area contributed by atoms with E-state index in [1.807, 2.05) is 13.8 Å². The quantitative estimate of drug-likeness (QED) is 0.754. The Balaban J connectivity index is 2.45. The van der Waals surface area contributed by atoms with Crippen molar-refractivity contribution in [3.05, 3.63) is 0 Å². The van der Waals surface area contributed by atoms with Gasteiger partial charge in [0.15, 0.2) is 0 Å². The van der Waals surface area contributed by atoms with Gasteiger partial charge in [0.05, 0.1) is 5.41 Å². The van der Waals surface area contributed by atoms with E-state index in [2.05, 4.69) is 12.2 Å². The van der Waals surface area contributed by atoms with Crippen molar-refractivity contribution in [1.29, 1.82) is 0 Å². The average molecular weight is 226 g/mol. The molecule has 1 saturated carbocycles. The Morgan fingerprint density at radius 1 is 1.44 bits per heavy atom. The van der Waals surface area contributed by atoms with E-state index in [1.54, 1.807) is 0 Å². The van der Waals surface area contributed by atoms with Crippen molar-refractivity contribution in [3.8, 4) is 0 Å². The second kappa shape index (κ2) is 5.17. The standard InChI is InChI=1S/C13H26N2O/c1-4-13(3,9-14)11(16)15-10-12(2)7-5-6-8-12/h4-10,14H2,1-3H3,(H,15,16). The maximum atomic E-state index is 12.0. The van der Waals surface area contributed by atoms with Crippen LogP contribution in [0.3, 0.4) is 0 Å². The Labute approximate surface area is 99.2 Å². The van der Waals surface area contributed by atoms with Crippen LogP contribution in [0.1, 0.15) is 52.9 Å². The number of carbonyl (C=O) groups is 1. The van der Waals surface area contributed by atoms with Crippen LogP contribution in [0.25, 0.3) is 0 Å². The van der Waals surface area contributed by atoms with Crippen LogP contribution in [-0.2, 0) is 4.79 Å². The Bertz CT molecular complexity index is 240. The summed E-state index contributed by atoms with van der Waals surface area (Å²) < 4.78 is 0.